The Morgan fingerprint density at radius 2 is 1.88 bits per heavy atom. The largest absolute Gasteiger partial charge is 0.385 e. The molecular formula is C13H30N2O2. The fraction of sp³-hybridized carbons (Fsp3) is 1.00. The summed E-state index contributed by atoms with van der Waals surface area (Å²) in [5.74, 6) is 0. The molecular weight excluding hydrogens is 216 g/mol. The lowest BCUT2D eigenvalue weighted by molar-refractivity contribution is 0.0472. The molecule has 0 amide bonds. The average molecular weight is 246 g/mol. The van der Waals surface area contributed by atoms with Gasteiger partial charge in [-0.3, -0.25) is 4.90 Å². The van der Waals surface area contributed by atoms with Gasteiger partial charge in [0.05, 0.1) is 6.61 Å². The molecule has 2 N–H and O–H groups in total. The van der Waals surface area contributed by atoms with E-state index in [1.807, 2.05) is 0 Å². The summed E-state index contributed by atoms with van der Waals surface area (Å²) in [7, 11) is 1.72. The molecule has 0 bridgehead atoms. The third kappa shape index (κ3) is 6.36. The number of ether oxygens (including phenoxy) is 2. The number of nitrogens with two attached hydrogens (primary N) is 1. The summed E-state index contributed by atoms with van der Waals surface area (Å²) in [6.45, 7) is 11.6. The summed E-state index contributed by atoms with van der Waals surface area (Å²) in [6.07, 6.45) is 2.03. The highest BCUT2D eigenvalue weighted by molar-refractivity contribution is 4.85. The third-order valence-electron chi connectivity index (χ3n) is 3.49. The van der Waals surface area contributed by atoms with Crippen molar-refractivity contribution >= 4 is 0 Å². The van der Waals surface area contributed by atoms with E-state index < -0.39 is 0 Å². The normalized spacial score (nSPS) is 15.2. The van der Waals surface area contributed by atoms with Crippen LogP contribution in [0.1, 0.15) is 33.6 Å². The smallest absolute Gasteiger partial charge is 0.0593 e. The van der Waals surface area contributed by atoms with Crippen molar-refractivity contribution in [3.8, 4) is 0 Å². The highest BCUT2D eigenvalue weighted by Gasteiger charge is 2.26. The van der Waals surface area contributed by atoms with E-state index in [9.17, 15) is 0 Å². The Kier molecular flexibility index (Phi) is 9.74. The second-order valence-electron chi connectivity index (χ2n) is 4.59. The van der Waals surface area contributed by atoms with Crippen LogP contribution < -0.4 is 5.73 Å². The molecule has 4 heteroatoms. The summed E-state index contributed by atoms with van der Waals surface area (Å²) >= 11 is 0. The number of likely N-dealkylation sites (N-methyl/N-ethyl adjacent to an activating group) is 1. The molecule has 0 saturated heterocycles. The van der Waals surface area contributed by atoms with Gasteiger partial charge in [-0.1, -0.05) is 13.8 Å². The molecule has 0 aliphatic rings. The maximum atomic E-state index is 5.86. The predicted molar refractivity (Wildman–Crippen MR) is 72.3 cm³/mol. The average Bonchev–Trinajstić information content (AvgIpc) is 2.37. The number of hydrogen-bond donors (Lipinski definition) is 1. The predicted octanol–water partition coefficient (Wildman–Crippen LogP) is 1.49. The standard InChI is InChI=1S/C13H30N2O2/c1-5-13(3,12-14)15(6-2)8-11-17-10-7-9-16-4/h5-12,14H2,1-4H3. The van der Waals surface area contributed by atoms with Gasteiger partial charge in [-0.2, -0.15) is 0 Å². The lowest BCUT2D eigenvalue weighted by Gasteiger charge is -2.39. The van der Waals surface area contributed by atoms with Gasteiger partial charge in [0.2, 0.25) is 0 Å². The lowest BCUT2D eigenvalue weighted by atomic mass is 9.96. The Morgan fingerprint density at radius 3 is 2.35 bits per heavy atom. The van der Waals surface area contributed by atoms with Crippen LogP contribution in [0.4, 0.5) is 0 Å². The Balaban J connectivity index is 3.82. The van der Waals surface area contributed by atoms with Gasteiger partial charge in [-0.25, -0.2) is 0 Å². The van der Waals surface area contributed by atoms with Gasteiger partial charge in [-0.15, -0.1) is 0 Å². The molecule has 0 aromatic carbocycles. The number of nitrogens with zero attached hydrogens (tertiary/aromatic N) is 1. The van der Waals surface area contributed by atoms with Crippen molar-refractivity contribution in [2.45, 2.75) is 39.2 Å². The second kappa shape index (κ2) is 9.83. The van der Waals surface area contributed by atoms with Crippen molar-refractivity contribution < 1.29 is 9.47 Å². The van der Waals surface area contributed by atoms with Gasteiger partial charge in [0.1, 0.15) is 0 Å². The molecule has 0 spiro atoms. The van der Waals surface area contributed by atoms with Crippen LogP contribution in [0.25, 0.3) is 0 Å². The lowest BCUT2D eigenvalue weighted by Crippen LogP contribution is -2.52. The van der Waals surface area contributed by atoms with E-state index in [4.69, 9.17) is 15.2 Å². The van der Waals surface area contributed by atoms with Crippen molar-refractivity contribution in [2.75, 3.05) is 46.6 Å². The van der Waals surface area contributed by atoms with Crippen molar-refractivity contribution in [1.82, 2.24) is 4.90 Å². The van der Waals surface area contributed by atoms with Crippen LogP contribution in [0.5, 0.6) is 0 Å². The van der Waals surface area contributed by atoms with Crippen LogP contribution in [0.15, 0.2) is 0 Å². The Bertz CT molecular complexity index is 173. The highest BCUT2D eigenvalue weighted by Crippen LogP contribution is 2.17. The molecule has 0 aliphatic carbocycles. The van der Waals surface area contributed by atoms with Gasteiger partial charge >= 0.3 is 0 Å². The number of rotatable bonds is 11. The Morgan fingerprint density at radius 1 is 1.18 bits per heavy atom. The maximum absolute atomic E-state index is 5.86. The first kappa shape index (κ1) is 16.8. The monoisotopic (exact) mass is 246 g/mol. The van der Waals surface area contributed by atoms with Crippen molar-refractivity contribution in [1.29, 1.82) is 0 Å². The molecule has 0 radical (unpaired) electrons. The zero-order valence-corrected chi connectivity index (χ0v) is 12.0. The number of hydrogen-bond acceptors (Lipinski definition) is 4. The minimum absolute atomic E-state index is 0.102. The molecule has 1 atom stereocenters. The van der Waals surface area contributed by atoms with Crippen LogP contribution in [-0.2, 0) is 9.47 Å². The fourth-order valence-electron chi connectivity index (χ4n) is 1.89. The highest BCUT2D eigenvalue weighted by atomic mass is 16.5. The molecule has 0 heterocycles. The summed E-state index contributed by atoms with van der Waals surface area (Å²) in [6, 6.07) is 0. The third-order valence-corrected chi connectivity index (χ3v) is 3.49. The van der Waals surface area contributed by atoms with E-state index in [-0.39, 0.29) is 5.54 Å². The molecule has 0 aliphatic heterocycles. The summed E-state index contributed by atoms with van der Waals surface area (Å²) in [4.78, 5) is 2.41. The van der Waals surface area contributed by atoms with E-state index in [1.54, 1.807) is 7.11 Å². The van der Waals surface area contributed by atoms with E-state index in [1.165, 1.54) is 0 Å². The molecule has 104 valence electrons. The number of methoxy groups -OCH3 is 1. The summed E-state index contributed by atoms with van der Waals surface area (Å²) in [5, 5.41) is 0. The van der Waals surface area contributed by atoms with E-state index in [2.05, 4.69) is 25.7 Å². The van der Waals surface area contributed by atoms with Crippen molar-refractivity contribution in [3.05, 3.63) is 0 Å². The molecule has 0 aromatic rings. The second-order valence-corrected chi connectivity index (χ2v) is 4.59. The van der Waals surface area contributed by atoms with Gasteiger partial charge in [0.15, 0.2) is 0 Å². The first-order valence-corrected chi connectivity index (χ1v) is 6.66. The first-order chi connectivity index (χ1) is 8.14. The minimum Gasteiger partial charge on any atom is -0.385 e. The van der Waals surface area contributed by atoms with Crippen LogP contribution in [0, 0.1) is 0 Å². The minimum atomic E-state index is 0.102. The van der Waals surface area contributed by atoms with Gasteiger partial charge in [0.25, 0.3) is 0 Å². The van der Waals surface area contributed by atoms with Crippen LogP contribution in [0.3, 0.4) is 0 Å². The Labute approximate surface area is 106 Å². The first-order valence-electron chi connectivity index (χ1n) is 6.66. The van der Waals surface area contributed by atoms with E-state index >= 15 is 0 Å². The summed E-state index contributed by atoms with van der Waals surface area (Å²) in [5.41, 5.74) is 5.97. The topological polar surface area (TPSA) is 47.7 Å². The summed E-state index contributed by atoms with van der Waals surface area (Å²) < 4.78 is 10.6. The molecule has 17 heavy (non-hydrogen) atoms. The molecule has 0 aromatic heterocycles. The van der Waals surface area contributed by atoms with Crippen LogP contribution >= 0.6 is 0 Å². The fourth-order valence-corrected chi connectivity index (χ4v) is 1.89. The van der Waals surface area contributed by atoms with Crippen LogP contribution in [0.2, 0.25) is 0 Å². The van der Waals surface area contributed by atoms with E-state index in [0.29, 0.717) is 6.54 Å². The molecule has 0 fully saturated rings. The molecule has 1 unspecified atom stereocenters. The van der Waals surface area contributed by atoms with Crippen molar-refractivity contribution in [2.24, 2.45) is 5.73 Å². The van der Waals surface area contributed by atoms with Crippen molar-refractivity contribution in [3.63, 3.8) is 0 Å². The van der Waals surface area contributed by atoms with E-state index in [0.717, 1.165) is 45.8 Å². The quantitative estimate of drug-likeness (QED) is 0.561. The maximum Gasteiger partial charge on any atom is 0.0593 e. The molecule has 4 nitrogen and oxygen atoms in total. The zero-order valence-electron chi connectivity index (χ0n) is 12.0. The zero-order chi connectivity index (χ0) is 13.1. The van der Waals surface area contributed by atoms with Gasteiger partial charge < -0.3 is 15.2 Å². The van der Waals surface area contributed by atoms with Gasteiger partial charge in [0, 0.05) is 39.0 Å². The molecule has 0 rings (SSSR count). The SMILES string of the molecule is CCN(CCOCCCOC)C(C)(CC)CN. The van der Waals surface area contributed by atoms with Gasteiger partial charge in [-0.05, 0) is 26.3 Å². The molecule has 0 saturated carbocycles. The Hall–Kier alpha value is -0.160. The van der Waals surface area contributed by atoms with Crippen LogP contribution in [-0.4, -0.2) is 57.0 Å².